The second kappa shape index (κ2) is 10.9. The van der Waals surface area contributed by atoms with Crippen molar-refractivity contribution in [2.75, 3.05) is 13.1 Å². The summed E-state index contributed by atoms with van der Waals surface area (Å²) < 4.78 is 39.1. The van der Waals surface area contributed by atoms with Gasteiger partial charge in [-0.2, -0.15) is 18.3 Å². The number of thiazole rings is 1. The predicted octanol–water partition coefficient (Wildman–Crippen LogP) is 5.10. The van der Waals surface area contributed by atoms with Crippen molar-refractivity contribution in [3.05, 3.63) is 69.4 Å². The standard InChI is InChI=1S/C15H17F3N4OS.C10H13N/c1-10-8-12(15(16,17)18)20-22(10)9-13(23)21-5-2-11(3-6-21)14-19-4-7-24-14;11-10-7-3-5-8-4-1-2-6-9(8)10/h4,7-8,11H,2-3,5-6,9H2,1H3;1-2,4,6,10H,3,5,7,11H2. The maximum Gasteiger partial charge on any atom is 0.435 e. The third kappa shape index (κ3) is 6.29. The van der Waals surface area contributed by atoms with Crippen LogP contribution in [-0.2, 0) is 23.9 Å². The summed E-state index contributed by atoms with van der Waals surface area (Å²) in [6.45, 7) is 2.54. The maximum atomic E-state index is 12.7. The number of benzene rings is 1. The Morgan fingerprint density at radius 1 is 1.20 bits per heavy atom. The van der Waals surface area contributed by atoms with Crippen molar-refractivity contribution < 1.29 is 18.0 Å². The van der Waals surface area contributed by atoms with Gasteiger partial charge in [-0.1, -0.05) is 24.3 Å². The van der Waals surface area contributed by atoms with Crippen molar-refractivity contribution in [3.63, 3.8) is 0 Å². The summed E-state index contributed by atoms with van der Waals surface area (Å²) in [6.07, 6.45) is 2.54. The predicted molar refractivity (Wildman–Crippen MR) is 129 cm³/mol. The SMILES string of the molecule is Cc1cc(C(F)(F)F)nn1CC(=O)N1CCC(c2nccs2)CC1.NC1CCCc2ccccc21. The minimum Gasteiger partial charge on any atom is -0.341 e. The lowest BCUT2D eigenvalue weighted by atomic mass is 9.88. The molecule has 0 radical (unpaired) electrons. The molecule has 0 bridgehead atoms. The first-order valence-corrected chi connectivity index (χ1v) is 12.7. The lowest BCUT2D eigenvalue weighted by Crippen LogP contribution is -2.40. The maximum absolute atomic E-state index is 12.7. The number of hydrogen-bond donors (Lipinski definition) is 1. The van der Waals surface area contributed by atoms with Gasteiger partial charge in [0.2, 0.25) is 5.91 Å². The smallest absolute Gasteiger partial charge is 0.341 e. The molecule has 6 nitrogen and oxygen atoms in total. The molecule has 3 heterocycles. The van der Waals surface area contributed by atoms with E-state index < -0.39 is 11.9 Å². The van der Waals surface area contributed by atoms with E-state index >= 15 is 0 Å². The van der Waals surface area contributed by atoms with Crippen LogP contribution in [0.2, 0.25) is 0 Å². The fourth-order valence-corrected chi connectivity index (χ4v) is 5.45. The molecule has 1 aliphatic carbocycles. The molecule has 0 saturated carbocycles. The molecule has 0 spiro atoms. The van der Waals surface area contributed by atoms with Crippen molar-refractivity contribution in [2.24, 2.45) is 5.73 Å². The number of piperidine rings is 1. The fraction of sp³-hybridized carbons (Fsp3) is 0.480. The van der Waals surface area contributed by atoms with Gasteiger partial charge in [-0.3, -0.25) is 9.48 Å². The number of carbonyl (C=O) groups is 1. The second-order valence-electron chi connectivity index (χ2n) is 9.05. The van der Waals surface area contributed by atoms with E-state index in [4.69, 9.17) is 5.73 Å². The minimum atomic E-state index is -4.49. The summed E-state index contributed by atoms with van der Waals surface area (Å²) in [5, 5.41) is 6.53. The summed E-state index contributed by atoms with van der Waals surface area (Å²) in [5.41, 5.74) is 8.12. The number of hydrogen-bond acceptors (Lipinski definition) is 5. The van der Waals surface area contributed by atoms with Crippen LogP contribution in [0, 0.1) is 6.92 Å². The highest BCUT2D eigenvalue weighted by atomic mass is 32.1. The summed E-state index contributed by atoms with van der Waals surface area (Å²) in [7, 11) is 0. The van der Waals surface area contributed by atoms with Crippen LogP contribution in [0.5, 0.6) is 0 Å². The molecule has 1 saturated heterocycles. The Hall–Kier alpha value is -2.72. The Bertz CT molecular complexity index is 1120. The van der Waals surface area contributed by atoms with E-state index in [1.165, 1.54) is 30.9 Å². The number of amides is 1. The first-order chi connectivity index (χ1) is 16.7. The van der Waals surface area contributed by atoms with Crippen LogP contribution in [0.15, 0.2) is 41.9 Å². The molecule has 10 heteroatoms. The van der Waals surface area contributed by atoms with Gasteiger partial charge in [0.25, 0.3) is 0 Å². The number of likely N-dealkylation sites (tertiary alicyclic amines) is 1. The monoisotopic (exact) mass is 505 g/mol. The van der Waals surface area contributed by atoms with Gasteiger partial charge in [-0.15, -0.1) is 11.3 Å². The van der Waals surface area contributed by atoms with Crippen LogP contribution < -0.4 is 5.73 Å². The number of carbonyl (C=O) groups excluding carboxylic acids is 1. The topological polar surface area (TPSA) is 77.0 Å². The van der Waals surface area contributed by atoms with Crippen molar-refractivity contribution in [1.29, 1.82) is 0 Å². The van der Waals surface area contributed by atoms with E-state index in [1.54, 1.807) is 22.4 Å². The number of aryl methyl sites for hydroxylation is 2. The van der Waals surface area contributed by atoms with Gasteiger partial charge in [0.05, 0.1) is 5.01 Å². The third-order valence-corrected chi connectivity index (χ3v) is 7.56. The van der Waals surface area contributed by atoms with Crippen LogP contribution in [-0.4, -0.2) is 38.7 Å². The van der Waals surface area contributed by atoms with Gasteiger partial charge in [0, 0.05) is 42.3 Å². The van der Waals surface area contributed by atoms with Gasteiger partial charge in [0.15, 0.2) is 5.69 Å². The number of aromatic nitrogens is 3. The van der Waals surface area contributed by atoms with E-state index in [9.17, 15) is 18.0 Å². The Labute approximate surface area is 207 Å². The first kappa shape index (κ1) is 25.4. The molecule has 1 atom stereocenters. The largest absolute Gasteiger partial charge is 0.435 e. The average molecular weight is 506 g/mol. The summed E-state index contributed by atoms with van der Waals surface area (Å²) in [6, 6.07) is 9.76. The number of alkyl halides is 3. The van der Waals surface area contributed by atoms with Crippen molar-refractivity contribution in [1.82, 2.24) is 19.7 Å². The summed E-state index contributed by atoms with van der Waals surface area (Å²) in [5.74, 6) is 0.157. The minimum absolute atomic E-state index is 0.163. The van der Waals surface area contributed by atoms with Gasteiger partial charge < -0.3 is 10.6 Å². The molecule has 1 unspecified atom stereocenters. The van der Waals surface area contributed by atoms with Gasteiger partial charge in [0.1, 0.15) is 6.54 Å². The molecule has 2 aromatic heterocycles. The average Bonchev–Trinajstić information content (AvgIpc) is 3.50. The van der Waals surface area contributed by atoms with E-state index in [0.29, 0.717) is 30.7 Å². The van der Waals surface area contributed by atoms with Crippen molar-refractivity contribution >= 4 is 17.2 Å². The molecule has 5 rings (SSSR count). The number of halogens is 3. The van der Waals surface area contributed by atoms with Gasteiger partial charge in [-0.05, 0) is 56.2 Å². The molecule has 188 valence electrons. The first-order valence-electron chi connectivity index (χ1n) is 11.8. The quantitative estimate of drug-likeness (QED) is 0.538. The number of nitrogens with two attached hydrogens (primary N) is 1. The molecular weight excluding hydrogens is 475 g/mol. The lowest BCUT2D eigenvalue weighted by Gasteiger charge is -2.31. The zero-order chi connectivity index (χ0) is 25.0. The highest BCUT2D eigenvalue weighted by molar-refractivity contribution is 7.09. The van der Waals surface area contributed by atoms with E-state index in [1.807, 2.05) is 5.38 Å². The van der Waals surface area contributed by atoms with Gasteiger partial charge in [-0.25, -0.2) is 4.98 Å². The molecule has 1 amide bonds. The molecule has 2 N–H and O–H groups in total. The Morgan fingerprint density at radius 3 is 2.57 bits per heavy atom. The molecular formula is C25H30F3N5OS. The van der Waals surface area contributed by atoms with Crippen molar-refractivity contribution in [3.8, 4) is 0 Å². The fourth-order valence-electron chi connectivity index (χ4n) is 4.64. The highest BCUT2D eigenvalue weighted by Crippen LogP contribution is 2.30. The molecule has 1 fully saturated rings. The van der Waals surface area contributed by atoms with E-state index in [-0.39, 0.29) is 12.5 Å². The van der Waals surface area contributed by atoms with E-state index in [0.717, 1.165) is 35.0 Å². The highest BCUT2D eigenvalue weighted by Gasteiger charge is 2.35. The van der Waals surface area contributed by atoms with Crippen LogP contribution >= 0.6 is 11.3 Å². The van der Waals surface area contributed by atoms with E-state index in [2.05, 4.69) is 34.3 Å². The zero-order valence-electron chi connectivity index (χ0n) is 19.7. The number of fused-ring (bicyclic) bond motifs is 1. The molecule has 3 aromatic rings. The zero-order valence-corrected chi connectivity index (χ0v) is 20.5. The van der Waals surface area contributed by atoms with Gasteiger partial charge >= 0.3 is 6.18 Å². The molecule has 35 heavy (non-hydrogen) atoms. The Kier molecular flexibility index (Phi) is 7.91. The van der Waals surface area contributed by atoms with Crippen LogP contribution in [0.1, 0.15) is 65.2 Å². The van der Waals surface area contributed by atoms with Crippen LogP contribution in [0.3, 0.4) is 0 Å². The van der Waals surface area contributed by atoms with Crippen LogP contribution in [0.25, 0.3) is 0 Å². The Morgan fingerprint density at radius 2 is 1.94 bits per heavy atom. The lowest BCUT2D eigenvalue weighted by molar-refractivity contribution is -0.142. The molecule has 1 aliphatic heterocycles. The molecule has 1 aromatic carbocycles. The summed E-state index contributed by atoms with van der Waals surface area (Å²) >= 11 is 1.61. The number of nitrogens with zero attached hydrogens (tertiary/aromatic N) is 4. The van der Waals surface area contributed by atoms with Crippen LogP contribution in [0.4, 0.5) is 13.2 Å². The molecule has 2 aliphatic rings. The van der Waals surface area contributed by atoms with Crippen molar-refractivity contribution in [2.45, 2.75) is 63.7 Å². The third-order valence-electron chi connectivity index (χ3n) is 6.62. The summed E-state index contributed by atoms with van der Waals surface area (Å²) in [4.78, 5) is 18.3. The second-order valence-corrected chi connectivity index (χ2v) is 9.98. The normalized spacial score (nSPS) is 18.5. The Balaban J connectivity index is 0.000000218. The number of rotatable bonds is 3.